The van der Waals surface area contributed by atoms with Crippen LogP contribution < -0.4 is 10.1 Å². The minimum absolute atomic E-state index is 0.275. The summed E-state index contributed by atoms with van der Waals surface area (Å²) in [4.78, 5) is 0. The maximum absolute atomic E-state index is 11.6. The lowest BCUT2D eigenvalue weighted by Gasteiger charge is -2.36. The van der Waals surface area contributed by atoms with E-state index in [-0.39, 0.29) is 5.92 Å². The van der Waals surface area contributed by atoms with E-state index in [4.69, 9.17) is 16.3 Å². The van der Waals surface area contributed by atoms with Gasteiger partial charge in [0.25, 0.3) is 0 Å². The Morgan fingerprint density at radius 3 is 2.73 bits per heavy atom. The molecule has 0 saturated carbocycles. The van der Waals surface area contributed by atoms with Gasteiger partial charge in [-0.1, -0.05) is 24.6 Å². The molecule has 0 bridgehead atoms. The average molecular weight is 347 g/mol. The van der Waals surface area contributed by atoms with Gasteiger partial charge < -0.3 is 10.1 Å². The molecule has 22 heavy (non-hydrogen) atoms. The number of halogens is 1. The van der Waals surface area contributed by atoms with Crippen molar-refractivity contribution in [3.05, 3.63) is 28.8 Å². The average Bonchev–Trinajstić information content (AvgIpc) is 2.45. The number of rotatable bonds is 5. The Morgan fingerprint density at radius 1 is 1.45 bits per heavy atom. The Kier molecular flexibility index (Phi) is 5.71. The largest absolute Gasteiger partial charge is 0.495 e. The van der Waals surface area contributed by atoms with Crippen LogP contribution in [0.15, 0.2) is 18.2 Å². The van der Waals surface area contributed by atoms with Crippen LogP contribution in [0, 0.1) is 5.92 Å². The highest BCUT2D eigenvalue weighted by molar-refractivity contribution is 7.88. The number of nitrogens with zero attached hydrogens (tertiary/aromatic N) is 1. The molecule has 1 heterocycles. The summed E-state index contributed by atoms with van der Waals surface area (Å²) in [5.41, 5.74) is 1.09. The molecule has 124 valence electrons. The molecule has 0 aliphatic carbocycles. The van der Waals surface area contributed by atoms with Crippen molar-refractivity contribution in [2.45, 2.75) is 25.9 Å². The maximum atomic E-state index is 11.6. The van der Waals surface area contributed by atoms with Gasteiger partial charge in [-0.05, 0) is 30.0 Å². The van der Waals surface area contributed by atoms with E-state index in [0.29, 0.717) is 36.4 Å². The minimum atomic E-state index is -3.09. The number of piperidine rings is 1. The van der Waals surface area contributed by atoms with Gasteiger partial charge in [0, 0.05) is 25.7 Å². The van der Waals surface area contributed by atoms with Crippen molar-refractivity contribution < 1.29 is 13.2 Å². The molecule has 0 radical (unpaired) electrons. The first-order chi connectivity index (χ1) is 10.3. The molecule has 0 aromatic heterocycles. The molecule has 5 nitrogen and oxygen atoms in total. The van der Waals surface area contributed by atoms with Crippen LogP contribution in [0.2, 0.25) is 5.02 Å². The van der Waals surface area contributed by atoms with Crippen molar-refractivity contribution >= 4 is 21.6 Å². The lowest BCUT2D eigenvalue weighted by molar-refractivity contribution is 0.220. The van der Waals surface area contributed by atoms with E-state index >= 15 is 0 Å². The summed E-state index contributed by atoms with van der Waals surface area (Å²) in [5, 5.41) is 4.10. The van der Waals surface area contributed by atoms with Gasteiger partial charge in [-0.25, -0.2) is 12.7 Å². The third kappa shape index (κ3) is 4.35. The number of sulfonamides is 1. The van der Waals surface area contributed by atoms with Gasteiger partial charge in [-0.2, -0.15) is 0 Å². The molecule has 0 amide bonds. The Balaban J connectivity index is 1.91. The van der Waals surface area contributed by atoms with E-state index in [9.17, 15) is 8.42 Å². The summed E-state index contributed by atoms with van der Waals surface area (Å²) in [7, 11) is -1.49. The molecular formula is C15H23ClN2O3S. The first-order valence-electron chi connectivity index (χ1n) is 7.32. The monoisotopic (exact) mass is 346 g/mol. The fraction of sp³-hybridized carbons (Fsp3) is 0.600. The molecule has 0 spiro atoms. The highest BCUT2D eigenvalue weighted by atomic mass is 35.5. The lowest BCUT2D eigenvalue weighted by atomic mass is 9.95. The summed E-state index contributed by atoms with van der Waals surface area (Å²) in [6.07, 6.45) is 2.09. The number of methoxy groups -OCH3 is 1. The smallest absolute Gasteiger partial charge is 0.211 e. The van der Waals surface area contributed by atoms with E-state index < -0.39 is 10.0 Å². The summed E-state index contributed by atoms with van der Waals surface area (Å²) in [5.74, 6) is 0.942. The number of nitrogens with one attached hydrogen (secondary N) is 1. The van der Waals surface area contributed by atoms with Gasteiger partial charge in [-0.15, -0.1) is 0 Å². The first kappa shape index (κ1) is 17.5. The zero-order valence-electron chi connectivity index (χ0n) is 13.2. The summed E-state index contributed by atoms with van der Waals surface area (Å²) in [6.45, 7) is 3.93. The van der Waals surface area contributed by atoms with E-state index in [1.165, 1.54) is 6.26 Å². The molecule has 1 aromatic carbocycles. The fourth-order valence-electron chi connectivity index (χ4n) is 2.78. The molecule has 1 aromatic rings. The van der Waals surface area contributed by atoms with E-state index in [1.54, 1.807) is 11.4 Å². The topological polar surface area (TPSA) is 58.6 Å². The highest BCUT2D eigenvalue weighted by Gasteiger charge is 2.29. The highest BCUT2D eigenvalue weighted by Crippen LogP contribution is 2.25. The summed E-state index contributed by atoms with van der Waals surface area (Å²) in [6, 6.07) is 6.03. The van der Waals surface area contributed by atoms with Crippen LogP contribution in [-0.2, 0) is 16.6 Å². The molecule has 1 N–H and O–H groups in total. The molecule has 1 saturated heterocycles. The van der Waals surface area contributed by atoms with Gasteiger partial charge in [0.1, 0.15) is 5.75 Å². The Hall–Kier alpha value is -0.820. The third-order valence-electron chi connectivity index (χ3n) is 4.12. The quantitative estimate of drug-likeness (QED) is 0.887. The normalized spacial score (nSPS) is 23.5. The second kappa shape index (κ2) is 7.17. The van der Waals surface area contributed by atoms with Crippen LogP contribution in [-0.4, -0.2) is 45.2 Å². The molecular weight excluding hydrogens is 324 g/mol. The van der Waals surface area contributed by atoms with Gasteiger partial charge in [0.15, 0.2) is 0 Å². The van der Waals surface area contributed by atoms with Crippen molar-refractivity contribution in [3.8, 4) is 5.75 Å². The van der Waals surface area contributed by atoms with Crippen molar-refractivity contribution in [1.29, 1.82) is 0 Å². The van der Waals surface area contributed by atoms with Gasteiger partial charge in [0.2, 0.25) is 10.0 Å². The van der Waals surface area contributed by atoms with Crippen LogP contribution in [0.25, 0.3) is 0 Å². The van der Waals surface area contributed by atoms with Gasteiger partial charge in [-0.3, -0.25) is 0 Å². The zero-order valence-corrected chi connectivity index (χ0v) is 14.7. The van der Waals surface area contributed by atoms with Crippen molar-refractivity contribution in [1.82, 2.24) is 9.62 Å². The summed E-state index contributed by atoms with van der Waals surface area (Å²) >= 11 is 6.12. The molecule has 1 aliphatic rings. The van der Waals surface area contributed by atoms with Crippen molar-refractivity contribution in [3.63, 3.8) is 0 Å². The second-order valence-corrected chi connectivity index (χ2v) is 8.23. The van der Waals surface area contributed by atoms with Crippen molar-refractivity contribution in [2.75, 3.05) is 26.5 Å². The van der Waals surface area contributed by atoms with Crippen LogP contribution in [0.1, 0.15) is 18.9 Å². The molecule has 2 rings (SSSR count). The van der Waals surface area contributed by atoms with Crippen LogP contribution in [0.3, 0.4) is 0 Å². The predicted octanol–water partition coefficient (Wildman–Crippen LogP) is 2.11. The summed E-state index contributed by atoms with van der Waals surface area (Å²) < 4.78 is 29.9. The van der Waals surface area contributed by atoms with Crippen LogP contribution in [0.4, 0.5) is 0 Å². The number of ether oxygens (including phenoxy) is 1. The SMILES string of the molecule is COc1ccc(CN[C@@H]2CCN(S(C)(=O)=O)C[C@H]2C)cc1Cl. The van der Waals surface area contributed by atoms with E-state index in [0.717, 1.165) is 12.0 Å². The van der Waals surface area contributed by atoms with Crippen molar-refractivity contribution in [2.24, 2.45) is 5.92 Å². The fourth-order valence-corrected chi connectivity index (χ4v) is 4.00. The number of benzene rings is 1. The standard InChI is InChI=1S/C15H23ClN2O3S/c1-11-10-18(22(3,19)20)7-6-14(11)17-9-12-4-5-15(21-2)13(16)8-12/h4-5,8,11,14,17H,6-7,9-10H2,1-3H3/t11-,14-/m1/s1. The molecule has 7 heteroatoms. The molecule has 2 atom stereocenters. The number of hydrogen-bond donors (Lipinski definition) is 1. The zero-order chi connectivity index (χ0) is 16.3. The first-order valence-corrected chi connectivity index (χ1v) is 9.55. The number of hydrogen-bond acceptors (Lipinski definition) is 4. The van der Waals surface area contributed by atoms with E-state index in [1.807, 2.05) is 18.2 Å². The lowest BCUT2D eigenvalue weighted by Crippen LogP contribution is -2.49. The third-order valence-corrected chi connectivity index (χ3v) is 5.69. The van der Waals surface area contributed by atoms with E-state index in [2.05, 4.69) is 12.2 Å². The predicted molar refractivity (Wildman–Crippen MR) is 88.8 cm³/mol. The molecule has 1 aliphatic heterocycles. The molecule has 1 fully saturated rings. The minimum Gasteiger partial charge on any atom is -0.495 e. The molecule has 0 unspecified atom stereocenters. The maximum Gasteiger partial charge on any atom is 0.211 e. The van der Waals surface area contributed by atoms with Gasteiger partial charge >= 0.3 is 0 Å². The van der Waals surface area contributed by atoms with Crippen LogP contribution in [0.5, 0.6) is 5.75 Å². The van der Waals surface area contributed by atoms with Gasteiger partial charge in [0.05, 0.1) is 18.4 Å². The Labute approximate surface area is 137 Å². The Bertz CT molecular complexity index is 621. The Morgan fingerprint density at radius 2 is 2.18 bits per heavy atom. The second-order valence-electron chi connectivity index (χ2n) is 5.84. The van der Waals surface area contributed by atoms with Crippen LogP contribution >= 0.6 is 11.6 Å².